The van der Waals surface area contributed by atoms with E-state index in [9.17, 15) is 13.6 Å². The van der Waals surface area contributed by atoms with E-state index in [2.05, 4.69) is 30.5 Å². The fourth-order valence-corrected chi connectivity index (χ4v) is 3.31. The zero-order chi connectivity index (χ0) is 20.8. The van der Waals surface area contributed by atoms with Crippen molar-refractivity contribution >= 4 is 44.9 Å². The van der Waals surface area contributed by atoms with E-state index in [0.717, 1.165) is 23.0 Å². The Morgan fingerprint density at radius 2 is 2.00 bits per heavy atom. The molecule has 0 aliphatic carbocycles. The summed E-state index contributed by atoms with van der Waals surface area (Å²) in [5.74, 6) is -2.67. The number of nitrogen functional groups attached to an aromatic ring is 1. The number of nitrogens with zero attached hydrogens (tertiary/aromatic N) is 3. The van der Waals surface area contributed by atoms with Crippen LogP contribution in [0, 0.1) is 11.6 Å². The number of anilines is 3. The highest BCUT2D eigenvalue weighted by molar-refractivity contribution is 6.18. The van der Waals surface area contributed by atoms with Gasteiger partial charge in [0.15, 0.2) is 5.82 Å². The van der Waals surface area contributed by atoms with Gasteiger partial charge < -0.3 is 16.0 Å². The minimum atomic E-state index is -1.11. The number of benzene rings is 2. The summed E-state index contributed by atoms with van der Waals surface area (Å²) in [6.07, 6.45) is 4.33. The monoisotopic (exact) mass is 405 g/mol. The van der Waals surface area contributed by atoms with Crippen LogP contribution in [0.2, 0.25) is 0 Å². The Balaban J connectivity index is 1.63. The van der Waals surface area contributed by atoms with Crippen molar-refractivity contribution < 1.29 is 13.6 Å². The molecule has 0 saturated heterocycles. The number of nitrogens with two attached hydrogens (primary N) is 1. The number of carbonyl (C=O) groups is 1. The Kier molecular flexibility index (Phi) is 3.91. The van der Waals surface area contributed by atoms with E-state index in [-0.39, 0.29) is 11.3 Å². The number of rotatable bonds is 4. The maximum Gasteiger partial charge on any atom is 0.201 e. The molecule has 0 bridgehead atoms. The standard InChI is InChI=1S/C20H13F2N7O/c21-12-2-3-13(23)17(22)16(12)18(30)11-7-24-19-15(11)20(26-8-25-19)28-10-1-4-14-9(5-10)6-27-29-14/h1-8H,23H2,(H,27,29)(H2,24,25,26,28). The van der Waals surface area contributed by atoms with Crippen LogP contribution in [0.4, 0.5) is 26.0 Å². The van der Waals surface area contributed by atoms with E-state index in [1.807, 2.05) is 12.1 Å². The number of carbonyl (C=O) groups excluding carboxylic acids is 1. The SMILES string of the molecule is Nc1ccc(F)c(C(=O)c2c[nH]c3ncnc(Nc4ccc5[nH]ncc5c4)c23)c1F. The van der Waals surface area contributed by atoms with Crippen LogP contribution in [0.5, 0.6) is 0 Å². The van der Waals surface area contributed by atoms with Crippen LogP contribution in [0.25, 0.3) is 21.9 Å². The van der Waals surface area contributed by atoms with Crippen LogP contribution in [-0.2, 0) is 0 Å². The van der Waals surface area contributed by atoms with Gasteiger partial charge in [-0.05, 0) is 30.3 Å². The molecular formula is C20H13F2N7O. The Labute approximate surface area is 167 Å². The van der Waals surface area contributed by atoms with Crippen molar-refractivity contribution in [3.8, 4) is 0 Å². The van der Waals surface area contributed by atoms with Gasteiger partial charge >= 0.3 is 0 Å². The molecule has 10 heteroatoms. The fraction of sp³-hybridized carbons (Fsp3) is 0. The largest absolute Gasteiger partial charge is 0.396 e. The number of hydrogen-bond acceptors (Lipinski definition) is 6. The molecule has 148 valence electrons. The number of ketones is 1. The van der Waals surface area contributed by atoms with Gasteiger partial charge in [-0.15, -0.1) is 0 Å². The van der Waals surface area contributed by atoms with Crippen molar-refractivity contribution in [1.82, 2.24) is 25.1 Å². The van der Waals surface area contributed by atoms with Crippen molar-refractivity contribution in [2.75, 3.05) is 11.1 Å². The molecule has 8 nitrogen and oxygen atoms in total. The molecule has 0 spiro atoms. The minimum absolute atomic E-state index is 0.0147. The van der Waals surface area contributed by atoms with Crippen molar-refractivity contribution in [2.24, 2.45) is 0 Å². The molecule has 2 aromatic carbocycles. The molecule has 0 fully saturated rings. The second-order valence-electron chi connectivity index (χ2n) is 6.60. The molecule has 0 radical (unpaired) electrons. The summed E-state index contributed by atoms with van der Waals surface area (Å²) in [4.78, 5) is 24.2. The molecule has 3 heterocycles. The first kappa shape index (κ1) is 17.7. The summed E-state index contributed by atoms with van der Waals surface area (Å²) in [5.41, 5.74) is 6.36. The lowest BCUT2D eigenvalue weighted by Gasteiger charge is -2.09. The first-order valence-electron chi connectivity index (χ1n) is 8.83. The lowest BCUT2D eigenvalue weighted by Crippen LogP contribution is -2.10. The Bertz CT molecular complexity index is 1440. The predicted molar refractivity (Wildman–Crippen MR) is 107 cm³/mol. The molecule has 3 aromatic heterocycles. The van der Waals surface area contributed by atoms with E-state index in [0.29, 0.717) is 22.5 Å². The lowest BCUT2D eigenvalue weighted by molar-refractivity contribution is 0.103. The summed E-state index contributed by atoms with van der Waals surface area (Å²) < 4.78 is 28.7. The smallest absolute Gasteiger partial charge is 0.201 e. The Morgan fingerprint density at radius 3 is 2.87 bits per heavy atom. The number of nitrogens with one attached hydrogen (secondary N) is 3. The maximum atomic E-state index is 14.4. The van der Waals surface area contributed by atoms with Gasteiger partial charge in [-0.1, -0.05) is 0 Å². The van der Waals surface area contributed by atoms with Gasteiger partial charge in [0.2, 0.25) is 5.78 Å². The molecule has 0 unspecified atom stereocenters. The maximum absolute atomic E-state index is 14.4. The van der Waals surface area contributed by atoms with Gasteiger partial charge in [-0.25, -0.2) is 18.7 Å². The highest BCUT2D eigenvalue weighted by Gasteiger charge is 2.25. The third kappa shape index (κ3) is 2.73. The molecule has 0 aliphatic heterocycles. The van der Waals surface area contributed by atoms with Crippen molar-refractivity contribution in [2.45, 2.75) is 0 Å². The van der Waals surface area contributed by atoms with E-state index in [1.165, 1.54) is 12.5 Å². The van der Waals surface area contributed by atoms with Gasteiger partial charge in [0.1, 0.15) is 23.6 Å². The second kappa shape index (κ2) is 6.62. The fourth-order valence-electron chi connectivity index (χ4n) is 3.31. The predicted octanol–water partition coefficient (Wildman–Crippen LogP) is 3.67. The van der Waals surface area contributed by atoms with Crippen molar-refractivity contribution in [1.29, 1.82) is 0 Å². The van der Waals surface area contributed by atoms with Crippen LogP contribution in [0.3, 0.4) is 0 Å². The quantitative estimate of drug-likeness (QED) is 0.267. The second-order valence-corrected chi connectivity index (χ2v) is 6.60. The highest BCUT2D eigenvalue weighted by Crippen LogP contribution is 2.30. The normalized spacial score (nSPS) is 11.3. The topological polar surface area (TPSA) is 125 Å². The van der Waals surface area contributed by atoms with Crippen LogP contribution in [0.15, 0.2) is 49.1 Å². The summed E-state index contributed by atoms with van der Waals surface area (Å²) in [7, 11) is 0. The molecule has 30 heavy (non-hydrogen) atoms. The highest BCUT2D eigenvalue weighted by atomic mass is 19.1. The van der Waals surface area contributed by atoms with Crippen LogP contribution in [-0.4, -0.2) is 30.9 Å². The number of H-pyrrole nitrogens is 2. The average molecular weight is 405 g/mol. The zero-order valence-electron chi connectivity index (χ0n) is 15.2. The number of fused-ring (bicyclic) bond motifs is 2. The molecule has 0 saturated carbocycles. The molecular weight excluding hydrogens is 392 g/mol. The van der Waals surface area contributed by atoms with Gasteiger partial charge in [0.05, 0.1) is 33.9 Å². The van der Waals surface area contributed by atoms with Gasteiger partial charge in [-0.3, -0.25) is 9.89 Å². The Morgan fingerprint density at radius 1 is 1.13 bits per heavy atom. The van der Waals surface area contributed by atoms with Gasteiger partial charge in [0, 0.05) is 17.3 Å². The van der Waals surface area contributed by atoms with Crippen LogP contribution < -0.4 is 11.1 Å². The summed E-state index contributed by atoms with van der Waals surface area (Å²) in [6.45, 7) is 0. The molecule has 5 rings (SSSR count). The molecule has 5 N–H and O–H groups in total. The first-order chi connectivity index (χ1) is 14.5. The van der Waals surface area contributed by atoms with Gasteiger partial charge in [0.25, 0.3) is 0 Å². The van der Waals surface area contributed by atoms with E-state index in [1.54, 1.807) is 12.3 Å². The van der Waals surface area contributed by atoms with Crippen molar-refractivity contribution in [3.63, 3.8) is 0 Å². The number of aromatic amines is 2. The molecule has 0 amide bonds. The van der Waals surface area contributed by atoms with E-state index < -0.39 is 23.0 Å². The Hall–Kier alpha value is -4.34. The summed E-state index contributed by atoms with van der Waals surface area (Å²) in [5, 5.41) is 11.1. The minimum Gasteiger partial charge on any atom is -0.396 e. The molecule has 0 atom stereocenters. The average Bonchev–Trinajstić information content (AvgIpc) is 3.38. The summed E-state index contributed by atoms with van der Waals surface area (Å²) >= 11 is 0. The summed E-state index contributed by atoms with van der Waals surface area (Å²) in [6, 6.07) is 7.51. The first-order valence-corrected chi connectivity index (χ1v) is 8.83. The van der Waals surface area contributed by atoms with Crippen molar-refractivity contribution in [3.05, 3.63) is 71.8 Å². The van der Waals surface area contributed by atoms with Gasteiger partial charge in [-0.2, -0.15) is 5.10 Å². The zero-order valence-corrected chi connectivity index (χ0v) is 15.2. The number of hydrogen-bond donors (Lipinski definition) is 4. The molecule has 5 aromatic rings. The third-order valence-electron chi connectivity index (χ3n) is 4.77. The third-order valence-corrected chi connectivity index (χ3v) is 4.77. The molecule has 0 aliphatic rings. The van der Waals surface area contributed by atoms with E-state index in [4.69, 9.17) is 5.73 Å². The van der Waals surface area contributed by atoms with E-state index >= 15 is 0 Å². The number of halogens is 2. The van der Waals surface area contributed by atoms with Crippen LogP contribution in [0.1, 0.15) is 15.9 Å². The van der Waals surface area contributed by atoms with Crippen LogP contribution >= 0.6 is 0 Å². The lowest BCUT2D eigenvalue weighted by atomic mass is 10.0. The number of aromatic nitrogens is 5.